The molecule has 4 nitrogen and oxygen atoms in total. The summed E-state index contributed by atoms with van der Waals surface area (Å²) in [6, 6.07) is 10.7. The number of carbonyl (C=O) groups is 1. The van der Waals surface area contributed by atoms with Gasteiger partial charge in [0.05, 0.1) is 6.04 Å². The standard InChI is InChI=1S/C21H35N3O/c1-4-17(18-8-6-5-7-9-18)15-24-13-12-19(14-22)23-20(21(24)25)11-10-16(2)3/h5-9,16-17,19-20,23H,4,10-15,22H2,1-3H3/t17-,19+,20+/m1/s1. The topological polar surface area (TPSA) is 58.4 Å². The van der Waals surface area contributed by atoms with E-state index in [0.29, 0.717) is 18.4 Å². The first-order valence-electron chi connectivity index (χ1n) is 9.85. The zero-order chi connectivity index (χ0) is 18.2. The molecule has 0 aliphatic carbocycles. The van der Waals surface area contributed by atoms with Gasteiger partial charge in [-0.3, -0.25) is 4.79 Å². The second-order valence-corrected chi connectivity index (χ2v) is 7.71. The number of hydrogen-bond acceptors (Lipinski definition) is 3. The number of hydrogen-bond donors (Lipinski definition) is 2. The molecule has 1 aromatic rings. The third-order valence-corrected chi connectivity index (χ3v) is 5.32. The summed E-state index contributed by atoms with van der Waals surface area (Å²) in [6.45, 7) is 8.82. The highest BCUT2D eigenvalue weighted by molar-refractivity contribution is 5.82. The third kappa shape index (κ3) is 5.82. The van der Waals surface area contributed by atoms with E-state index < -0.39 is 0 Å². The van der Waals surface area contributed by atoms with Crippen LogP contribution >= 0.6 is 0 Å². The van der Waals surface area contributed by atoms with Gasteiger partial charge in [0.1, 0.15) is 0 Å². The zero-order valence-electron chi connectivity index (χ0n) is 16.1. The fraction of sp³-hybridized carbons (Fsp3) is 0.667. The Morgan fingerprint density at radius 2 is 2.00 bits per heavy atom. The number of amides is 1. The van der Waals surface area contributed by atoms with Gasteiger partial charge in [-0.2, -0.15) is 0 Å². The van der Waals surface area contributed by atoms with E-state index >= 15 is 0 Å². The summed E-state index contributed by atoms with van der Waals surface area (Å²) in [5, 5.41) is 3.52. The predicted molar refractivity (Wildman–Crippen MR) is 105 cm³/mol. The summed E-state index contributed by atoms with van der Waals surface area (Å²) in [4.78, 5) is 15.2. The van der Waals surface area contributed by atoms with Crippen LogP contribution in [0.25, 0.3) is 0 Å². The van der Waals surface area contributed by atoms with E-state index in [0.717, 1.165) is 38.8 Å². The number of benzene rings is 1. The molecule has 4 heteroatoms. The lowest BCUT2D eigenvalue weighted by atomic mass is 9.95. The van der Waals surface area contributed by atoms with Gasteiger partial charge < -0.3 is 16.0 Å². The molecule has 0 spiro atoms. The molecule has 3 N–H and O–H groups in total. The average Bonchev–Trinajstić information content (AvgIpc) is 2.77. The van der Waals surface area contributed by atoms with Gasteiger partial charge in [-0.05, 0) is 37.2 Å². The molecule has 0 aromatic heterocycles. The highest BCUT2D eigenvalue weighted by Crippen LogP contribution is 2.23. The van der Waals surface area contributed by atoms with E-state index in [-0.39, 0.29) is 18.0 Å². The molecule has 2 rings (SSSR count). The van der Waals surface area contributed by atoms with Crippen molar-refractivity contribution in [3.63, 3.8) is 0 Å². The van der Waals surface area contributed by atoms with Crippen molar-refractivity contribution in [2.24, 2.45) is 11.7 Å². The van der Waals surface area contributed by atoms with Crippen molar-refractivity contribution >= 4 is 5.91 Å². The molecule has 1 aliphatic heterocycles. The van der Waals surface area contributed by atoms with Gasteiger partial charge >= 0.3 is 0 Å². The molecular formula is C21H35N3O. The van der Waals surface area contributed by atoms with Crippen molar-refractivity contribution in [1.82, 2.24) is 10.2 Å². The lowest BCUT2D eigenvalue weighted by Crippen LogP contribution is -2.48. The largest absolute Gasteiger partial charge is 0.341 e. The Labute approximate surface area is 153 Å². The van der Waals surface area contributed by atoms with Crippen LogP contribution in [0, 0.1) is 5.92 Å². The van der Waals surface area contributed by atoms with Crippen LogP contribution in [0.5, 0.6) is 0 Å². The van der Waals surface area contributed by atoms with Crippen molar-refractivity contribution in [2.75, 3.05) is 19.6 Å². The number of rotatable bonds is 8. The molecule has 1 heterocycles. The van der Waals surface area contributed by atoms with Gasteiger partial charge in [-0.25, -0.2) is 0 Å². The first-order valence-corrected chi connectivity index (χ1v) is 9.85. The Kier molecular flexibility index (Phi) is 7.91. The minimum absolute atomic E-state index is 0.0910. The maximum atomic E-state index is 13.1. The second-order valence-electron chi connectivity index (χ2n) is 7.71. The smallest absolute Gasteiger partial charge is 0.239 e. The number of nitrogens with one attached hydrogen (secondary N) is 1. The van der Waals surface area contributed by atoms with Crippen molar-refractivity contribution < 1.29 is 4.79 Å². The summed E-state index contributed by atoms with van der Waals surface area (Å²) in [6.07, 6.45) is 3.93. The summed E-state index contributed by atoms with van der Waals surface area (Å²) in [7, 11) is 0. The fourth-order valence-corrected chi connectivity index (χ4v) is 3.62. The summed E-state index contributed by atoms with van der Waals surface area (Å²) in [5.74, 6) is 1.26. The molecule has 25 heavy (non-hydrogen) atoms. The van der Waals surface area contributed by atoms with Gasteiger partial charge in [0.2, 0.25) is 5.91 Å². The van der Waals surface area contributed by atoms with E-state index in [2.05, 4.69) is 55.3 Å². The maximum Gasteiger partial charge on any atom is 0.239 e. The minimum Gasteiger partial charge on any atom is -0.341 e. The Balaban J connectivity index is 2.10. The Morgan fingerprint density at radius 1 is 1.28 bits per heavy atom. The van der Waals surface area contributed by atoms with E-state index in [1.165, 1.54) is 5.56 Å². The van der Waals surface area contributed by atoms with Crippen molar-refractivity contribution in [3.8, 4) is 0 Å². The minimum atomic E-state index is -0.0910. The van der Waals surface area contributed by atoms with Crippen LogP contribution in [0.15, 0.2) is 30.3 Å². The van der Waals surface area contributed by atoms with Gasteiger partial charge in [0.15, 0.2) is 0 Å². The normalized spacial score (nSPS) is 22.9. The van der Waals surface area contributed by atoms with Crippen LogP contribution in [-0.2, 0) is 4.79 Å². The van der Waals surface area contributed by atoms with Crippen LogP contribution in [0.3, 0.4) is 0 Å². The molecule has 1 amide bonds. The van der Waals surface area contributed by atoms with Crippen LogP contribution in [0.4, 0.5) is 0 Å². The molecule has 0 bridgehead atoms. The molecular weight excluding hydrogens is 310 g/mol. The SMILES string of the molecule is CC[C@H](CN1CC[C@@H](CN)N[C@@H](CCC(C)C)C1=O)c1ccccc1. The van der Waals surface area contributed by atoms with Gasteiger partial charge in [-0.15, -0.1) is 0 Å². The summed E-state index contributed by atoms with van der Waals surface area (Å²) < 4.78 is 0. The number of carbonyl (C=O) groups excluding carboxylic acids is 1. The van der Waals surface area contributed by atoms with Crippen LogP contribution in [0.1, 0.15) is 57.9 Å². The van der Waals surface area contributed by atoms with E-state index in [4.69, 9.17) is 5.73 Å². The molecule has 0 unspecified atom stereocenters. The summed E-state index contributed by atoms with van der Waals surface area (Å²) in [5.41, 5.74) is 7.23. The third-order valence-electron chi connectivity index (χ3n) is 5.32. The second kappa shape index (κ2) is 9.93. The van der Waals surface area contributed by atoms with Crippen molar-refractivity contribution in [3.05, 3.63) is 35.9 Å². The quantitative estimate of drug-likeness (QED) is 0.761. The Bertz CT molecular complexity index is 517. The highest BCUT2D eigenvalue weighted by Gasteiger charge is 2.31. The van der Waals surface area contributed by atoms with Crippen molar-refractivity contribution in [1.29, 1.82) is 0 Å². The van der Waals surface area contributed by atoms with Crippen LogP contribution in [0.2, 0.25) is 0 Å². The monoisotopic (exact) mass is 345 g/mol. The fourth-order valence-electron chi connectivity index (χ4n) is 3.62. The molecule has 0 radical (unpaired) electrons. The zero-order valence-corrected chi connectivity index (χ0v) is 16.1. The molecule has 1 fully saturated rings. The van der Waals surface area contributed by atoms with Gasteiger partial charge in [0.25, 0.3) is 0 Å². The molecule has 1 aromatic carbocycles. The lowest BCUT2D eigenvalue weighted by Gasteiger charge is -2.29. The summed E-state index contributed by atoms with van der Waals surface area (Å²) >= 11 is 0. The van der Waals surface area contributed by atoms with Gasteiger partial charge in [-0.1, -0.05) is 51.1 Å². The average molecular weight is 346 g/mol. The number of nitrogens with two attached hydrogens (primary N) is 1. The highest BCUT2D eigenvalue weighted by atomic mass is 16.2. The maximum absolute atomic E-state index is 13.1. The van der Waals surface area contributed by atoms with Crippen molar-refractivity contribution in [2.45, 2.75) is 64.5 Å². The predicted octanol–water partition coefficient (Wildman–Crippen LogP) is 3.13. The first-order chi connectivity index (χ1) is 12.0. The number of nitrogens with zero attached hydrogens (tertiary/aromatic N) is 1. The lowest BCUT2D eigenvalue weighted by molar-refractivity contribution is -0.133. The molecule has 140 valence electrons. The Hall–Kier alpha value is -1.39. The van der Waals surface area contributed by atoms with E-state index in [9.17, 15) is 4.79 Å². The molecule has 3 atom stereocenters. The van der Waals surface area contributed by atoms with Gasteiger partial charge in [0, 0.05) is 31.6 Å². The molecule has 0 saturated carbocycles. The molecule has 1 saturated heterocycles. The Morgan fingerprint density at radius 3 is 2.60 bits per heavy atom. The van der Waals surface area contributed by atoms with Crippen LogP contribution < -0.4 is 11.1 Å². The molecule has 1 aliphatic rings. The van der Waals surface area contributed by atoms with E-state index in [1.807, 2.05) is 6.07 Å². The van der Waals surface area contributed by atoms with E-state index in [1.54, 1.807) is 0 Å². The first kappa shape index (κ1) is 19.9. The van der Waals surface area contributed by atoms with Crippen LogP contribution in [-0.4, -0.2) is 42.5 Å².